The summed E-state index contributed by atoms with van der Waals surface area (Å²) < 4.78 is 0. The molecule has 0 aliphatic carbocycles. The Hall–Kier alpha value is -1.10. The van der Waals surface area contributed by atoms with Crippen molar-refractivity contribution in [2.75, 3.05) is 6.54 Å². The Bertz CT molecular complexity index is 309. The first-order valence-electron chi connectivity index (χ1n) is 6.00. The number of hydrogen-bond acceptors (Lipinski definition) is 3. The van der Waals surface area contributed by atoms with Gasteiger partial charge in [0.25, 0.3) is 0 Å². The van der Waals surface area contributed by atoms with E-state index >= 15 is 0 Å². The number of carboxylic acids is 1. The highest BCUT2D eigenvalue weighted by Crippen LogP contribution is 2.21. The molecule has 0 aromatic rings. The second kappa shape index (κ2) is 5.04. The van der Waals surface area contributed by atoms with E-state index in [0.29, 0.717) is 0 Å². The predicted molar refractivity (Wildman–Crippen MR) is 64.6 cm³/mol. The lowest BCUT2D eigenvalue weighted by atomic mass is 9.86. The molecule has 1 saturated heterocycles. The molecule has 0 spiro atoms. The van der Waals surface area contributed by atoms with Crippen LogP contribution in [0.25, 0.3) is 0 Å². The molecule has 1 rings (SSSR count). The second-order valence-corrected chi connectivity index (χ2v) is 5.84. The van der Waals surface area contributed by atoms with Crippen LogP contribution in [0.2, 0.25) is 0 Å². The average Bonchev–Trinajstić information content (AvgIpc) is 2.58. The molecular weight excluding hydrogens is 220 g/mol. The number of nitrogens with one attached hydrogen (secondary N) is 2. The van der Waals surface area contributed by atoms with Crippen LogP contribution < -0.4 is 10.6 Å². The second-order valence-electron chi connectivity index (χ2n) is 5.84. The van der Waals surface area contributed by atoms with E-state index in [1.165, 1.54) is 0 Å². The summed E-state index contributed by atoms with van der Waals surface area (Å²) in [5.74, 6) is -0.946. The van der Waals surface area contributed by atoms with Gasteiger partial charge in [-0.25, -0.2) is 4.79 Å². The molecule has 3 N–H and O–H groups in total. The number of carbonyl (C=O) groups excluding carboxylic acids is 1. The average molecular weight is 242 g/mol. The largest absolute Gasteiger partial charge is 0.480 e. The zero-order valence-electron chi connectivity index (χ0n) is 10.9. The smallest absolute Gasteiger partial charge is 0.326 e. The lowest BCUT2D eigenvalue weighted by Crippen LogP contribution is -2.54. The maximum Gasteiger partial charge on any atom is 0.326 e. The molecule has 0 radical (unpaired) electrons. The van der Waals surface area contributed by atoms with Crippen molar-refractivity contribution in [3.05, 3.63) is 0 Å². The van der Waals surface area contributed by atoms with Crippen molar-refractivity contribution in [3.63, 3.8) is 0 Å². The van der Waals surface area contributed by atoms with E-state index in [-0.39, 0.29) is 17.9 Å². The maximum atomic E-state index is 12.0. The van der Waals surface area contributed by atoms with Crippen LogP contribution in [0.5, 0.6) is 0 Å². The molecule has 0 aromatic carbocycles. The minimum atomic E-state index is -0.989. The number of carbonyl (C=O) groups is 2. The molecule has 1 heterocycles. The molecule has 17 heavy (non-hydrogen) atoms. The SMILES string of the molecule is CC1CCNC1C(=O)N[C@@H](C(=O)O)C(C)(C)C. The topological polar surface area (TPSA) is 78.4 Å². The summed E-state index contributed by atoms with van der Waals surface area (Å²) >= 11 is 0. The lowest BCUT2D eigenvalue weighted by Gasteiger charge is -2.29. The highest BCUT2D eigenvalue weighted by molar-refractivity contribution is 5.87. The summed E-state index contributed by atoms with van der Waals surface area (Å²) in [7, 11) is 0. The van der Waals surface area contributed by atoms with Crippen LogP contribution >= 0.6 is 0 Å². The van der Waals surface area contributed by atoms with Gasteiger partial charge in [0.2, 0.25) is 5.91 Å². The predicted octanol–water partition coefficient (Wildman–Crippen LogP) is 0.600. The Morgan fingerprint density at radius 2 is 2.00 bits per heavy atom. The van der Waals surface area contributed by atoms with Gasteiger partial charge < -0.3 is 15.7 Å². The molecule has 0 aromatic heterocycles. The standard InChI is InChI=1S/C12H22N2O3/c1-7-5-6-13-8(7)10(15)14-9(11(16)17)12(2,3)4/h7-9,13H,5-6H2,1-4H3,(H,14,15)(H,16,17)/t7?,8?,9-/m0/s1. The van der Waals surface area contributed by atoms with Gasteiger partial charge in [0.15, 0.2) is 0 Å². The van der Waals surface area contributed by atoms with E-state index in [4.69, 9.17) is 5.11 Å². The van der Waals surface area contributed by atoms with Crippen molar-refractivity contribution >= 4 is 11.9 Å². The van der Waals surface area contributed by atoms with Crippen LogP contribution in [0.3, 0.4) is 0 Å². The highest BCUT2D eigenvalue weighted by atomic mass is 16.4. The first-order valence-corrected chi connectivity index (χ1v) is 6.00. The maximum absolute atomic E-state index is 12.0. The Labute approximate surface area is 102 Å². The zero-order chi connectivity index (χ0) is 13.2. The normalized spacial score (nSPS) is 26.6. The number of aliphatic carboxylic acids is 1. The molecule has 0 saturated carbocycles. The molecule has 1 aliphatic rings. The minimum Gasteiger partial charge on any atom is -0.480 e. The first kappa shape index (κ1) is 14.0. The summed E-state index contributed by atoms with van der Waals surface area (Å²) in [5, 5.41) is 14.9. The Morgan fingerprint density at radius 3 is 2.35 bits per heavy atom. The van der Waals surface area contributed by atoms with Crippen LogP contribution in [0.1, 0.15) is 34.1 Å². The van der Waals surface area contributed by atoms with E-state index < -0.39 is 17.4 Å². The van der Waals surface area contributed by atoms with Gasteiger partial charge in [-0.3, -0.25) is 4.79 Å². The highest BCUT2D eigenvalue weighted by Gasteiger charge is 2.36. The van der Waals surface area contributed by atoms with Crippen LogP contribution in [0.4, 0.5) is 0 Å². The minimum absolute atomic E-state index is 0.211. The van der Waals surface area contributed by atoms with Crippen LogP contribution in [0.15, 0.2) is 0 Å². The fourth-order valence-corrected chi connectivity index (χ4v) is 2.07. The van der Waals surface area contributed by atoms with Crippen LogP contribution in [-0.4, -0.2) is 35.6 Å². The van der Waals surface area contributed by atoms with E-state index in [1.54, 1.807) is 20.8 Å². The Balaban J connectivity index is 2.68. The van der Waals surface area contributed by atoms with Crippen molar-refractivity contribution in [3.8, 4) is 0 Å². The quantitative estimate of drug-likeness (QED) is 0.677. The van der Waals surface area contributed by atoms with Gasteiger partial charge in [-0.2, -0.15) is 0 Å². The third-order valence-corrected chi connectivity index (χ3v) is 3.22. The van der Waals surface area contributed by atoms with Crippen molar-refractivity contribution in [2.45, 2.75) is 46.2 Å². The van der Waals surface area contributed by atoms with Crippen LogP contribution in [-0.2, 0) is 9.59 Å². The van der Waals surface area contributed by atoms with Crippen molar-refractivity contribution in [1.29, 1.82) is 0 Å². The summed E-state index contributed by atoms with van der Waals surface area (Å²) in [6, 6.07) is -1.12. The van der Waals surface area contributed by atoms with Gasteiger partial charge in [0.05, 0.1) is 6.04 Å². The number of carboxylic acid groups (broad SMARTS) is 1. The molecule has 0 bridgehead atoms. The third kappa shape index (κ3) is 3.43. The molecule has 5 heteroatoms. The Morgan fingerprint density at radius 1 is 1.41 bits per heavy atom. The van der Waals surface area contributed by atoms with Gasteiger partial charge >= 0.3 is 5.97 Å². The summed E-state index contributed by atoms with van der Waals surface area (Å²) in [4.78, 5) is 23.1. The molecule has 1 aliphatic heterocycles. The summed E-state index contributed by atoms with van der Waals surface area (Å²) in [5.41, 5.74) is -0.497. The molecule has 2 unspecified atom stereocenters. The van der Waals surface area contributed by atoms with E-state index in [9.17, 15) is 9.59 Å². The molecule has 5 nitrogen and oxygen atoms in total. The van der Waals surface area contributed by atoms with Gasteiger partial charge in [-0.05, 0) is 24.3 Å². The molecule has 1 fully saturated rings. The third-order valence-electron chi connectivity index (χ3n) is 3.22. The number of rotatable bonds is 3. The first-order chi connectivity index (χ1) is 7.73. The van der Waals surface area contributed by atoms with E-state index in [0.717, 1.165) is 13.0 Å². The lowest BCUT2D eigenvalue weighted by molar-refractivity contribution is -0.145. The van der Waals surface area contributed by atoms with Gasteiger partial charge in [-0.15, -0.1) is 0 Å². The number of hydrogen-bond donors (Lipinski definition) is 3. The van der Waals surface area contributed by atoms with Crippen molar-refractivity contribution < 1.29 is 14.7 Å². The van der Waals surface area contributed by atoms with Gasteiger partial charge in [0, 0.05) is 0 Å². The fourth-order valence-electron chi connectivity index (χ4n) is 2.07. The van der Waals surface area contributed by atoms with Gasteiger partial charge in [0.1, 0.15) is 6.04 Å². The van der Waals surface area contributed by atoms with Crippen LogP contribution in [0, 0.1) is 11.3 Å². The summed E-state index contributed by atoms with van der Waals surface area (Å²) in [6.07, 6.45) is 0.950. The molecular formula is C12H22N2O3. The van der Waals surface area contributed by atoms with Gasteiger partial charge in [-0.1, -0.05) is 27.7 Å². The zero-order valence-corrected chi connectivity index (χ0v) is 10.9. The molecule has 1 amide bonds. The molecule has 3 atom stereocenters. The number of amides is 1. The van der Waals surface area contributed by atoms with Crippen molar-refractivity contribution in [2.24, 2.45) is 11.3 Å². The van der Waals surface area contributed by atoms with E-state index in [2.05, 4.69) is 10.6 Å². The fraction of sp³-hybridized carbons (Fsp3) is 0.833. The van der Waals surface area contributed by atoms with Crippen molar-refractivity contribution in [1.82, 2.24) is 10.6 Å². The van der Waals surface area contributed by atoms with E-state index in [1.807, 2.05) is 6.92 Å². The Kier molecular flexibility index (Phi) is 4.14. The molecule has 98 valence electrons. The summed E-state index contributed by atoms with van der Waals surface area (Å²) in [6.45, 7) is 8.22. The monoisotopic (exact) mass is 242 g/mol.